The molecule has 0 saturated heterocycles. The molecular weight excluding hydrogens is 172 g/mol. The van der Waals surface area contributed by atoms with Gasteiger partial charge in [-0.25, -0.2) is 0 Å². The average molecular weight is 194 g/mol. The first kappa shape index (κ1) is 11.4. The van der Waals surface area contributed by atoms with Crippen molar-refractivity contribution in [1.82, 2.24) is 0 Å². The van der Waals surface area contributed by atoms with Crippen LogP contribution in [0.1, 0.15) is 40.0 Å². The van der Waals surface area contributed by atoms with Crippen LogP contribution in [0.15, 0.2) is 24.0 Å². The van der Waals surface area contributed by atoms with E-state index in [-0.39, 0.29) is 0 Å². The van der Waals surface area contributed by atoms with Gasteiger partial charge in [0.25, 0.3) is 0 Å². The van der Waals surface area contributed by atoms with Gasteiger partial charge in [-0.1, -0.05) is 33.3 Å². The third-order valence-corrected chi connectivity index (χ3v) is 3.02. The molecule has 1 heteroatoms. The Bertz CT molecular complexity index is 225. The van der Waals surface area contributed by atoms with Gasteiger partial charge in [0, 0.05) is 0 Å². The number of aliphatic hydroxyl groups excluding tert-OH is 1. The van der Waals surface area contributed by atoms with Gasteiger partial charge in [0.1, 0.15) is 5.76 Å². The molecule has 2 unspecified atom stereocenters. The van der Waals surface area contributed by atoms with Crippen LogP contribution in [0.3, 0.4) is 0 Å². The molecule has 0 amide bonds. The van der Waals surface area contributed by atoms with E-state index in [9.17, 15) is 5.11 Å². The van der Waals surface area contributed by atoms with E-state index in [4.69, 9.17) is 0 Å². The molecule has 0 spiro atoms. The van der Waals surface area contributed by atoms with Gasteiger partial charge in [0.05, 0.1) is 0 Å². The van der Waals surface area contributed by atoms with Gasteiger partial charge < -0.3 is 5.11 Å². The van der Waals surface area contributed by atoms with Crippen molar-refractivity contribution in [2.45, 2.75) is 40.0 Å². The van der Waals surface area contributed by atoms with Crippen molar-refractivity contribution in [1.29, 1.82) is 0 Å². The number of rotatable bonds is 4. The third kappa shape index (κ3) is 3.21. The molecule has 1 aliphatic rings. The lowest BCUT2D eigenvalue weighted by Crippen LogP contribution is -2.15. The smallest absolute Gasteiger partial charge is 0.111 e. The summed E-state index contributed by atoms with van der Waals surface area (Å²) in [5, 5.41) is 9.24. The van der Waals surface area contributed by atoms with Crippen molar-refractivity contribution in [3.8, 4) is 0 Å². The fourth-order valence-electron chi connectivity index (χ4n) is 2.22. The fraction of sp³-hybridized carbons (Fsp3) is 0.692. The normalized spacial score (nSPS) is 23.7. The number of hydrogen-bond donors (Lipinski definition) is 1. The van der Waals surface area contributed by atoms with Crippen LogP contribution in [0, 0.1) is 17.8 Å². The molecule has 1 nitrogen and oxygen atoms in total. The standard InChI is InChI=1S/C13H22O/c1-4-11(9-10(2)3)12-5-7-13(14)8-6-12/h5,7-8,10-12,14H,4,6,9H2,1-3H3. The molecule has 0 aromatic rings. The van der Waals surface area contributed by atoms with Crippen LogP contribution >= 0.6 is 0 Å². The predicted octanol–water partition coefficient (Wildman–Crippen LogP) is 4.08. The van der Waals surface area contributed by atoms with Crippen molar-refractivity contribution < 1.29 is 5.11 Å². The maximum atomic E-state index is 9.24. The molecule has 0 aromatic carbocycles. The molecule has 0 saturated carbocycles. The molecular formula is C13H22O. The van der Waals surface area contributed by atoms with Crippen LogP contribution in [-0.2, 0) is 0 Å². The zero-order chi connectivity index (χ0) is 10.6. The highest BCUT2D eigenvalue weighted by Crippen LogP contribution is 2.30. The molecule has 1 aliphatic carbocycles. The minimum atomic E-state index is 0.431. The first-order valence-corrected chi connectivity index (χ1v) is 5.70. The lowest BCUT2D eigenvalue weighted by molar-refractivity contribution is 0.309. The van der Waals surface area contributed by atoms with Gasteiger partial charge in [-0.2, -0.15) is 0 Å². The average Bonchev–Trinajstić information content (AvgIpc) is 2.15. The molecule has 0 aromatic heterocycles. The molecule has 0 heterocycles. The summed E-state index contributed by atoms with van der Waals surface area (Å²) >= 11 is 0. The van der Waals surface area contributed by atoms with Crippen molar-refractivity contribution in [3.05, 3.63) is 24.0 Å². The Labute approximate surface area is 87.5 Å². The number of aliphatic hydroxyl groups is 1. The summed E-state index contributed by atoms with van der Waals surface area (Å²) in [4.78, 5) is 0. The Kier molecular flexibility index (Phi) is 4.24. The van der Waals surface area contributed by atoms with E-state index in [2.05, 4.69) is 26.8 Å². The highest BCUT2D eigenvalue weighted by molar-refractivity contribution is 5.17. The van der Waals surface area contributed by atoms with Gasteiger partial charge in [-0.05, 0) is 42.7 Å². The van der Waals surface area contributed by atoms with Gasteiger partial charge in [-0.3, -0.25) is 0 Å². The van der Waals surface area contributed by atoms with Crippen LogP contribution in [0.4, 0.5) is 0 Å². The molecule has 0 aliphatic heterocycles. The van der Waals surface area contributed by atoms with Crippen molar-refractivity contribution in [3.63, 3.8) is 0 Å². The van der Waals surface area contributed by atoms with Crippen LogP contribution in [0.5, 0.6) is 0 Å². The third-order valence-electron chi connectivity index (χ3n) is 3.02. The summed E-state index contributed by atoms with van der Waals surface area (Å²) in [5.74, 6) is 2.61. The van der Waals surface area contributed by atoms with Gasteiger partial charge in [0.2, 0.25) is 0 Å². The first-order chi connectivity index (χ1) is 6.63. The zero-order valence-corrected chi connectivity index (χ0v) is 9.53. The zero-order valence-electron chi connectivity index (χ0n) is 9.53. The molecule has 1 N–H and O–H groups in total. The van der Waals surface area contributed by atoms with Gasteiger partial charge in [0.15, 0.2) is 0 Å². The van der Waals surface area contributed by atoms with E-state index >= 15 is 0 Å². The van der Waals surface area contributed by atoms with Gasteiger partial charge >= 0.3 is 0 Å². The van der Waals surface area contributed by atoms with Crippen LogP contribution in [0.25, 0.3) is 0 Å². The monoisotopic (exact) mass is 194 g/mol. The molecule has 14 heavy (non-hydrogen) atoms. The lowest BCUT2D eigenvalue weighted by atomic mass is 9.80. The Morgan fingerprint density at radius 2 is 2.21 bits per heavy atom. The Morgan fingerprint density at radius 3 is 2.64 bits per heavy atom. The molecule has 80 valence electrons. The van der Waals surface area contributed by atoms with Crippen molar-refractivity contribution >= 4 is 0 Å². The van der Waals surface area contributed by atoms with Crippen molar-refractivity contribution in [2.75, 3.05) is 0 Å². The molecule has 0 radical (unpaired) electrons. The molecule has 2 atom stereocenters. The van der Waals surface area contributed by atoms with E-state index in [1.165, 1.54) is 12.8 Å². The summed E-state index contributed by atoms with van der Waals surface area (Å²) in [7, 11) is 0. The van der Waals surface area contributed by atoms with E-state index in [1.54, 1.807) is 0 Å². The van der Waals surface area contributed by atoms with Crippen molar-refractivity contribution in [2.24, 2.45) is 17.8 Å². The highest BCUT2D eigenvalue weighted by atomic mass is 16.3. The minimum absolute atomic E-state index is 0.431. The topological polar surface area (TPSA) is 20.2 Å². The maximum absolute atomic E-state index is 9.24. The summed E-state index contributed by atoms with van der Waals surface area (Å²) in [5.41, 5.74) is 0. The predicted molar refractivity (Wildman–Crippen MR) is 61.2 cm³/mol. The van der Waals surface area contributed by atoms with E-state index in [0.29, 0.717) is 11.7 Å². The second-order valence-electron chi connectivity index (χ2n) is 4.69. The summed E-state index contributed by atoms with van der Waals surface area (Å²) in [6.45, 7) is 6.82. The van der Waals surface area contributed by atoms with Gasteiger partial charge in [-0.15, -0.1) is 0 Å². The quantitative estimate of drug-likeness (QED) is 0.715. The molecule has 0 bridgehead atoms. The summed E-state index contributed by atoms with van der Waals surface area (Å²) in [6.07, 6.45) is 9.49. The summed E-state index contributed by atoms with van der Waals surface area (Å²) in [6, 6.07) is 0. The number of allylic oxidation sites excluding steroid dienone is 3. The fourth-order valence-corrected chi connectivity index (χ4v) is 2.22. The Balaban J connectivity index is 2.51. The molecule has 0 fully saturated rings. The largest absolute Gasteiger partial charge is 0.508 e. The first-order valence-electron chi connectivity index (χ1n) is 5.70. The number of hydrogen-bond acceptors (Lipinski definition) is 1. The Hall–Kier alpha value is -0.720. The second kappa shape index (κ2) is 5.23. The minimum Gasteiger partial charge on any atom is -0.508 e. The van der Waals surface area contributed by atoms with Crippen LogP contribution in [-0.4, -0.2) is 5.11 Å². The van der Waals surface area contributed by atoms with E-state index < -0.39 is 0 Å². The second-order valence-corrected chi connectivity index (χ2v) is 4.69. The van der Waals surface area contributed by atoms with Crippen LogP contribution < -0.4 is 0 Å². The van der Waals surface area contributed by atoms with E-state index in [0.717, 1.165) is 18.3 Å². The Morgan fingerprint density at radius 1 is 1.50 bits per heavy atom. The van der Waals surface area contributed by atoms with Crippen LogP contribution in [0.2, 0.25) is 0 Å². The SMILES string of the molecule is CCC(CC(C)C)C1C=CC(O)=CC1. The summed E-state index contributed by atoms with van der Waals surface area (Å²) < 4.78 is 0. The highest BCUT2D eigenvalue weighted by Gasteiger charge is 2.19. The van der Waals surface area contributed by atoms with E-state index in [1.807, 2.05) is 12.2 Å². The molecule has 1 rings (SSSR count). The lowest BCUT2D eigenvalue weighted by Gasteiger charge is -2.25. The maximum Gasteiger partial charge on any atom is 0.111 e.